The van der Waals surface area contributed by atoms with E-state index in [1.807, 2.05) is 30.0 Å². The molecule has 0 bridgehead atoms. The van der Waals surface area contributed by atoms with Gasteiger partial charge in [-0.25, -0.2) is 4.39 Å². The van der Waals surface area contributed by atoms with Crippen LogP contribution in [0.15, 0.2) is 42.5 Å². The number of nitrogens with zero attached hydrogens (tertiary/aromatic N) is 2. The first-order valence-corrected chi connectivity index (χ1v) is 9.56. The third kappa shape index (κ3) is 4.88. The van der Waals surface area contributed by atoms with Gasteiger partial charge in [-0.15, -0.1) is 0 Å². The Kier molecular flexibility index (Phi) is 6.65. The van der Waals surface area contributed by atoms with Crippen LogP contribution in [0, 0.1) is 12.7 Å². The molecule has 0 saturated carbocycles. The minimum atomic E-state index is -0.865. The van der Waals surface area contributed by atoms with Crippen LogP contribution in [0.3, 0.4) is 0 Å². The molecule has 1 fully saturated rings. The molecule has 0 spiro atoms. The number of hydrogen-bond acceptors (Lipinski definition) is 4. The first-order valence-electron chi connectivity index (χ1n) is 9.56. The third-order valence-electron chi connectivity index (χ3n) is 5.22. The summed E-state index contributed by atoms with van der Waals surface area (Å²) in [7, 11) is 1.57. The highest BCUT2D eigenvalue weighted by molar-refractivity contribution is 5.77. The Bertz CT molecular complexity index is 810. The Morgan fingerprint density at radius 3 is 2.57 bits per heavy atom. The molecule has 0 amide bonds. The number of carbonyl (C=O) groups is 1. The van der Waals surface area contributed by atoms with Gasteiger partial charge in [0.25, 0.3) is 0 Å². The fourth-order valence-corrected chi connectivity index (χ4v) is 3.81. The number of halogens is 1. The molecular formula is C22H27FN2O3. The smallest absolute Gasteiger partial charge is 0.325 e. The number of rotatable bonds is 6. The van der Waals surface area contributed by atoms with Crippen LogP contribution in [0.25, 0.3) is 0 Å². The third-order valence-corrected chi connectivity index (χ3v) is 5.22. The van der Waals surface area contributed by atoms with Crippen molar-refractivity contribution in [2.45, 2.75) is 25.9 Å². The number of carboxylic acids is 1. The molecule has 150 valence electrons. The Morgan fingerprint density at radius 2 is 1.89 bits per heavy atom. The van der Waals surface area contributed by atoms with Crippen molar-refractivity contribution in [3.05, 3.63) is 65.0 Å². The van der Waals surface area contributed by atoms with Gasteiger partial charge < -0.3 is 9.84 Å². The minimum Gasteiger partial charge on any atom is -0.496 e. The summed E-state index contributed by atoms with van der Waals surface area (Å²) in [6, 6.07) is 11.5. The zero-order valence-corrected chi connectivity index (χ0v) is 16.4. The molecule has 1 heterocycles. The predicted molar refractivity (Wildman–Crippen MR) is 106 cm³/mol. The molecule has 2 aromatic rings. The van der Waals surface area contributed by atoms with Crippen molar-refractivity contribution in [3.8, 4) is 5.75 Å². The average molecular weight is 386 g/mol. The second-order valence-corrected chi connectivity index (χ2v) is 7.28. The molecule has 1 aliphatic rings. The lowest BCUT2D eigenvalue weighted by Gasteiger charge is -2.29. The summed E-state index contributed by atoms with van der Waals surface area (Å²) in [6.45, 7) is 5.68. The maximum absolute atomic E-state index is 13.1. The zero-order valence-electron chi connectivity index (χ0n) is 16.4. The second-order valence-electron chi connectivity index (χ2n) is 7.28. The van der Waals surface area contributed by atoms with Crippen molar-refractivity contribution < 1.29 is 19.0 Å². The molecule has 2 aromatic carbocycles. The van der Waals surface area contributed by atoms with E-state index in [4.69, 9.17) is 4.74 Å². The van der Waals surface area contributed by atoms with E-state index in [0.717, 1.165) is 37.2 Å². The van der Waals surface area contributed by atoms with Crippen LogP contribution >= 0.6 is 0 Å². The van der Waals surface area contributed by atoms with E-state index in [9.17, 15) is 14.3 Å². The molecule has 3 rings (SSSR count). The summed E-state index contributed by atoms with van der Waals surface area (Å²) in [5.74, 6) is -0.497. The van der Waals surface area contributed by atoms with Gasteiger partial charge >= 0.3 is 5.97 Å². The van der Waals surface area contributed by atoms with Gasteiger partial charge in [0, 0.05) is 31.7 Å². The molecule has 1 saturated heterocycles. The van der Waals surface area contributed by atoms with Crippen LogP contribution in [-0.4, -0.2) is 54.2 Å². The molecule has 1 aliphatic heterocycles. The van der Waals surface area contributed by atoms with Gasteiger partial charge in [-0.1, -0.05) is 29.8 Å². The normalized spacial score (nSPS) is 17.1. The van der Waals surface area contributed by atoms with Crippen LogP contribution in [0.1, 0.15) is 29.2 Å². The first kappa shape index (κ1) is 20.3. The van der Waals surface area contributed by atoms with Gasteiger partial charge in [0.05, 0.1) is 7.11 Å². The summed E-state index contributed by atoms with van der Waals surface area (Å²) in [4.78, 5) is 16.5. The summed E-state index contributed by atoms with van der Waals surface area (Å²) in [5, 5.41) is 9.96. The van der Waals surface area contributed by atoms with Gasteiger partial charge in [-0.05, 0) is 43.7 Å². The van der Waals surface area contributed by atoms with Crippen LogP contribution < -0.4 is 4.74 Å². The molecular weight excluding hydrogens is 359 g/mol. The summed E-state index contributed by atoms with van der Waals surface area (Å²) < 4.78 is 18.5. The van der Waals surface area contributed by atoms with E-state index in [-0.39, 0.29) is 5.82 Å². The Balaban J connectivity index is 1.74. The monoisotopic (exact) mass is 386 g/mol. The molecule has 1 atom stereocenters. The lowest BCUT2D eigenvalue weighted by molar-refractivity contribution is -0.143. The van der Waals surface area contributed by atoms with Crippen molar-refractivity contribution in [3.63, 3.8) is 0 Å². The zero-order chi connectivity index (χ0) is 20.1. The van der Waals surface area contributed by atoms with Gasteiger partial charge in [-0.2, -0.15) is 0 Å². The van der Waals surface area contributed by atoms with Crippen molar-refractivity contribution in [1.29, 1.82) is 0 Å². The standard InChI is InChI=1S/C22H27FN2O3/c1-16-4-9-20(28-2)19(14-16)21(22(26)27)25-11-3-10-24(12-13-25)15-17-5-7-18(23)8-6-17/h4-9,14,21H,3,10-13,15H2,1-2H3,(H,26,27)/t21-/m1/s1. The maximum Gasteiger partial charge on any atom is 0.325 e. The number of ether oxygens (including phenoxy) is 1. The van der Waals surface area contributed by atoms with Crippen molar-refractivity contribution in [2.24, 2.45) is 0 Å². The number of benzene rings is 2. The van der Waals surface area contributed by atoms with E-state index < -0.39 is 12.0 Å². The Hall–Kier alpha value is -2.44. The topological polar surface area (TPSA) is 53.0 Å². The van der Waals surface area contributed by atoms with Crippen LogP contribution in [0.2, 0.25) is 0 Å². The van der Waals surface area contributed by atoms with E-state index in [1.165, 1.54) is 12.1 Å². The predicted octanol–water partition coefficient (Wildman–Crippen LogP) is 3.48. The molecule has 28 heavy (non-hydrogen) atoms. The molecule has 0 aromatic heterocycles. The van der Waals surface area contributed by atoms with Gasteiger partial charge in [0.1, 0.15) is 17.6 Å². The highest BCUT2D eigenvalue weighted by Crippen LogP contribution is 2.31. The number of aryl methyl sites for hydroxylation is 1. The van der Waals surface area contributed by atoms with E-state index in [1.54, 1.807) is 19.2 Å². The fourth-order valence-electron chi connectivity index (χ4n) is 3.81. The second kappa shape index (κ2) is 9.17. The maximum atomic E-state index is 13.1. The SMILES string of the molecule is COc1ccc(C)cc1[C@H](C(=O)O)N1CCCN(Cc2ccc(F)cc2)CC1. The molecule has 1 N–H and O–H groups in total. The summed E-state index contributed by atoms with van der Waals surface area (Å²) in [5.41, 5.74) is 2.77. The Morgan fingerprint density at radius 1 is 1.14 bits per heavy atom. The quantitative estimate of drug-likeness (QED) is 0.824. The summed E-state index contributed by atoms with van der Waals surface area (Å²) >= 11 is 0. The number of carboxylic acid groups (broad SMARTS) is 1. The largest absolute Gasteiger partial charge is 0.496 e. The molecule has 0 radical (unpaired) electrons. The van der Waals surface area contributed by atoms with Gasteiger partial charge in [0.15, 0.2) is 0 Å². The van der Waals surface area contributed by atoms with Crippen molar-refractivity contribution >= 4 is 5.97 Å². The van der Waals surface area contributed by atoms with Crippen LogP contribution in [0.5, 0.6) is 5.75 Å². The highest BCUT2D eigenvalue weighted by atomic mass is 19.1. The molecule has 6 heteroatoms. The van der Waals surface area contributed by atoms with Crippen molar-refractivity contribution in [2.75, 3.05) is 33.3 Å². The Labute approximate surface area is 165 Å². The van der Waals surface area contributed by atoms with E-state index >= 15 is 0 Å². The van der Waals surface area contributed by atoms with Crippen LogP contribution in [-0.2, 0) is 11.3 Å². The van der Waals surface area contributed by atoms with Crippen molar-refractivity contribution in [1.82, 2.24) is 9.80 Å². The molecule has 5 nitrogen and oxygen atoms in total. The van der Waals surface area contributed by atoms with E-state index in [0.29, 0.717) is 24.4 Å². The van der Waals surface area contributed by atoms with Crippen LogP contribution in [0.4, 0.5) is 4.39 Å². The lowest BCUT2D eigenvalue weighted by Crippen LogP contribution is -2.37. The van der Waals surface area contributed by atoms with E-state index in [2.05, 4.69) is 4.90 Å². The average Bonchev–Trinajstić information content (AvgIpc) is 2.89. The number of methoxy groups -OCH3 is 1. The molecule has 0 unspecified atom stereocenters. The first-order chi connectivity index (χ1) is 13.5. The van der Waals surface area contributed by atoms with Gasteiger partial charge in [0.2, 0.25) is 0 Å². The van der Waals surface area contributed by atoms with Gasteiger partial charge in [-0.3, -0.25) is 14.6 Å². The highest BCUT2D eigenvalue weighted by Gasteiger charge is 2.31. The lowest BCUT2D eigenvalue weighted by atomic mass is 10.0. The molecule has 0 aliphatic carbocycles. The number of aliphatic carboxylic acids is 1. The minimum absolute atomic E-state index is 0.234. The summed E-state index contributed by atoms with van der Waals surface area (Å²) in [6.07, 6.45) is 0.874. The fraction of sp³-hybridized carbons (Fsp3) is 0.409. The number of hydrogen-bond donors (Lipinski definition) is 1.